The molecule has 3 rings (SSSR count). The second-order valence-corrected chi connectivity index (χ2v) is 6.48. The van der Waals surface area contributed by atoms with Gasteiger partial charge in [0.1, 0.15) is 5.82 Å². The summed E-state index contributed by atoms with van der Waals surface area (Å²) in [6.07, 6.45) is -0.345. The number of hydrogen-bond acceptors (Lipinski definition) is 3. The molecule has 0 saturated heterocycles. The number of halogens is 1. The lowest BCUT2D eigenvalue weighted by atomic mass is 9.88. The Hall–Kier alpha value is -3.22. The minimum atomic E-state index is -1.09. The van der Waals surface area contributed by atoms with Crippen molar-refractivity contribution in [3.05, 3.63) is 65.5 Å². The zero-order chi connectivity index (χ0) is 19.6. The third kappa shape index (κ3) is 3.97. The average molecular weight is 370 g/mol. The molecule has 2 amide bonds. The maximum absolute atomic E-state index is 13.2. The van der Waals surface area contributed by atoms with E-state index in [4.69, 9.17) is 0 Å². The summed E-state index contributed by atoms with van der Waals surface area (Å²) < 4.78 is 13.2. The van der Waals surface area contributed by atoms with Crippen LogP contribution < -0.4 is 10.2 Å². The fourth-order valence-electron chi connectivity index (χ4n) is 3.27. The Morgan fingerprint density at radius 2 is 1.89 bits per heavy atom. The molecule has 0 aliphatic carbocycles. The fourth-order valence-corrected chi connectivity index (χ4v) is 3.27. The molecule has 0 aromatic heterocycles. The van der Waals surface area contributed by atoms with E-state index in [0.717, 1.165) is 0 Å². The Kier molecular flexibility index (Phi) is 5.21. The monoisotopic (exact) mass is 370 g/mol. The number of anilines is 1. The maximum atomic E-state index is 13.2. The average Bonchev–Trinajstić information content (AvgIpc) is 2.64. The number of carboxylic acids is 1. The van der Waals surface area contributed by atoms with Crippen LogP contribution in [0.2, 0.25) is 0 Å². The van der Waals surface area contributed by atoms with Gasteiger partial charge >= 0.3 is 5.97 Å². The first-order chi connectivity index (χ1) is 12.9. The van der Waals surface area contributed by atoms with E-state index in [0.29, 0.717) is 16.8 Å². The molecule has 2 aromatic rings. The molecule has 140 valence electrons. The van der Waals surface area contributed by atoms with E-state index in [1.165, 1.54) is 29.2 Å². The van der Waals surface area contributed by atoms with Gasteiger partial charge in [-0.25, -0.2) is 4.39 Å². The van der Waals surface area contributed by atoms with Crippen LogP contribution in [0.25, 0.3) is 0 Å². The van der Waals surface area contributed by atoms with E-state index in [2.05, 4.69) is 5.32 Å². The van der Waals surface area contributed by atoms with Crippen molar-refractivity contribution in [2.45, 2.75) is 24.8 Å². The first-order valence-corrected chi connectivity index (χ1v) is 8.50. The van der Waals surface area contributed by atoms with E-state index >= 15 is 0 Å². The standard InChI is InChI=1S/C20H19FN2O4/c1-23-17-5-3-2-4-14(17)15(10-18(23)24)20(27)22-16(11-19(25)26)12-6-8-13(21)9-7-12/h2-9,15-16H,10-11H2,1H3,(H,22,27)(H,25,26)/t15-,16-/m1/s1. The van der Waals surface area contributed by atoms with Gasteiger partial charge in [0.15, 0.2) is 0 Å². The van der Waals surface area contributed by atoms with Crippen molar-refractivity contribution in [3.8, 4) is 0 Å². The number of para-hydroxylation sites is 1. The highest BCUT2D eigenvalue weighted by Gasteiger charge is 2.34. The lowest BCUT2D eigenvalue weighted by Gasteiger charge is -2.31. The normalized spacial score (nSPS) is 17.2. The summed E-state index contributed by atoms with van der Waals surface area (Å²) in [6, 6.07) is 11.6. The molecular weight excluding hydrogens is 351 g/mol. The van der Waals surface area contributed by atoms with Crippen molar-refractivity contribution >= 4 is 23.5 Å². The third-order valence-corrected chi connectivity index (χ3v) is 4.71. The lowest BCUT2D eigenvalue weighted by Crippen LogP contribution is -2.40. The molecule has 0 bridgehead atoms. The zero-order valence-electron chi connectivity index (χ0n) is 14.7. The lowest BCUT2D eigenvalue weighted by molar-refractivity contribution is -0.138. The predicted molar refractivity (Wildman–Crippen MR) is 96.7 cm³/mol. The van der Waals surface area contributed by atoms with Gasteiger partial charge in [0.2, 0.25) is 11.8 Å². The minimum absolute atomic E-state index is 0.00254. The highest BCUT2D eigenvalue weighted by atomic mass is 19.1. The number of carbonyl (C=O) groups excluding carboxylic acids is 2. The van der Waals surface area contributed by atoms with Crippen LogP contribution in [0.5, 0.6) is 0 Å². The zero-order valence-corrected chi connectivity index (χ0v) is 14.7. The van der Waals surface area contributed by atoms with E-state index in [1.54, 1.807) is 31.3 Å². The van der Waals surface area contributed by atoms with E-state index in [9.17, 15) is 23.9 Å². The second-order valence-electron chi connectivity index (χ2n) is 6.48. The van der Waals surface area contributed by atoms with Crippen molar-refractivity contribution in [3.63, 3.8) is 0 Å². The summed E-state index contributed by atoms with van der Waals surface area (Å²) in [5, 5.41) is 11.9. The summed E-state index contributed by atoms with van der Waals surface area (Å²) in [4.78, 5) is 37.9. The first-order valence-electron chi connectivity index (χ1n) is 8.50. The van der Waals surface area contributed by atoms with Gasteiger partial charge < -0.3 is 15.3 Å². The molecule has 0 unspecified atom stereocenters. The van der Waals surface area contributed by atoms with Gasteiger partial charge in [0, 0.05) is 19.2 Å². The number of nitrogens with zero attached hydrogens (tertiary/aromatic N) is 1. The summed E-state index contributed by atoms with van der Waals surface area (Å²) in [7, 11) is 1.65. The van der Waals surface area contributed by atoms with Gasteiger partial charge in [0.05, 0.1) is 18.4 Å². The number of fused-ring (bicyclic) bond motifs is 1. The first kappa shape index (κ1) is 18.6. The number of benzene rings is 2. The topological polar surface area (TPSA) is 86.7 Å². The Morgan fingerprint density at radius 3 is 2.56 bits per heavy atom. The van der Waals surface area contributed by atoms with Crippen LogP contribution in [0.3, 0.4) is 0 Å². The molecular formula is C20H19FN2O4. The molecule has 1 aliphatic heterocycles. The second kappa shape index (κ2) is 7.57. The van der Waals surface area contributed by atoms with Crippen molar-refractivity contribution in [2.24, 2.45) is 0 Å². The molecule has 0 fully saturated rings. The molecule has 7 heteroatoms. The summed E-state index contributed by atoms with van der Waals surface area (Å²) in [5.74, 6) is -2.87. The molecule has 0 spiro atoms. The number of nitrogens with one attached hydrogen (secondary N) is 1. The summed E-state index contributed by atoms with van der Waals surface area (Å²) in [5.41, 5.74) is 1.86. The predicted octanol–water partition coefficient (Wildman–Crippen LogP) is 2.61. The number of amides is 2. The smallest absolute Gasteiger partial charge is 0.305 e. The fraction of sp³-hybridized carbons (Fsp3) is 0.250. The highest BCUT2D eigenvalue weighted by Crippen LogP contribution is 2.35. The van der Waals surface area contributed by atoms with Gasteiger partial charge in [-0.05, 0) is 29.3 Å². The SMILES string of the molecule is CN1C(=O)C[C@@H](C(=O)N[C@H](CC(=O)O)c2ccc(F)cc2)c2ccccc21. The van der Waals surface area contributed by atoms with Crippen molar-refractivity contribution in [1.82, 2.24) is 5.32 Å². The Labute approximate surface area is 155 Å². The molecule has 1 aliphatic rings. The summed E-state index contributed by atoms with van der Waals surface area (Å²) in [6.45, 7) is 0. The Balaban J connectivity index is 1.87. The van der Waals surface area contributed by atoms with Crippen LogP contribution in [-0.2, 0) is 14.4 Å². The number of aliphatic carboxylic acids is 1. The molecule has 2 aromatic carbocycles. The molecule has 0 radical (unpaired) electrons. The maximum Gasteiger partial charge on any atom is 0.305 e. The quantitative estimate of drug-likeness (QED) is 0.847. The summed E-state index contributed by atoms with van der Waals surface area (Å²) >= 11 is 0. The highest BCUT2D eigenvalue weighted by molar-refractivity contribution is 6.02. The molecule has 27 heavy (non-hydrogen) atoms. The van der Waals surface area contributed by atoms with Gasteiger partial charge in [-0.15, -0.1) is 0 Å². The van der Waals surface area contributed by atoms with Crippen LogP contribution in [0.4, 0.5) is 10.1 Å². The number of hydrogen-bond donors (Lipinski definition) is 2. The number of carboxylic acid groups (broad SMARTS) is 1. The molecule has 1 heterocycles. The van der Waals surface area contributed by atoms with Crippen molar-refractivity contribution in [1.29, 1.82) is 0 Å². The van der Waals surface area contributed by atoms with Gasteiger partial charge in [0.25, 0.3) is 0 Å². The van der Waals surface area contributed by atoms with Crippen LogP contribution >= 0.6 is 0 Å². The molecule has 2 atom stereocenters. The van der Waals surface area contributed by atoms with Gasteiger partial charge in [-0.3, -0.25) is 14.4 Å². The third-order valence-electron chi connectivity index (χ3n) is 4.71. The van der Waals surface area contributed by atoms with Crippen LogP contribution in [-0.4, -0.2) is 29.9 Å². The minimum Gasteiger partial charge on any atom is -0.481 e. The van der Waals surface area contributed by atoms with Crippen molar-refractivity contribution < 1.29 is 23.9 Å². The van der Waals surface area contributed by atoms with Crippen LogP contribution in [0.15, 0.2) is 48.5 Å². The van der Waals surface area contributed by atoms with Crippen molar-refractivity contribution in [2.75, 3.05) is 11.9 Å². The Bertz CT molecular complexity index is 882. The van der Waals surface area contributed by atoms with Crippen LogP contribution in [0, 0.1) is 5.82 Å². The Morgan fingerprint density at radius 1 is 1.22 bits per heavy atom. The number of rotatable bonds is 5. The van der Waals surface area contributed by atoms with Gasteiger partial charge in [-0.2, -0.15) is 0 Å². The van der Waals surface area contributed by atoms with Crippen LogP contribution in [0.1, 0.15) is 35.9 Å². The number of carbonyl (C=O) groups is 3. The van der Waals surface area contributed by atoms with E-state index in [-0.39, 0.29) is 18.7 Å². The van der Waals surface area contributed by atoms with E-state index in [1.807, 2.05) is 0 Å². The molecule has 6 nitrogen and oxygen atoms in total. The molecule has 0 saturated carbocycles. The van der Waals surface area contributed by atoms with E-state index < -0.39 is 29.7 Å². The molecule has 2 N–H and O–H groups in total. The van der Waals surface area contributed by atoms with Gasteiger partial charge in [-0.1, -0.05) is 30.3 Å². The largest absolute Gasteiger partial charge is 0.481 e.